The number of hydrogen-bond acceptors (Lipinski definition) is 15. The number of nitrogen functional groups attached to an aromatic ring is 2. The van der Waals surface area contributed by atoms with Gasteiger partial charge < -0.3 is 65.0 Å². The van der Waals surface area contributed by atoms with E-state index in [9.17, 15) is 0 Å². The van der Waals surface area contributed by atoms with Crippen LogP contribution in [0, 0.1) is 0 Å². The molecular formula is C66H69N2O13Si10. The van der Waals surface area contributed by atoms with Crippen molar-refractivity contribution in [3.63, 3.8) is 0 Å². The van der Waals surface area contributed by atoms with Crippen LogP contribution in [-0.4, -0.2) is 89.2 Å². The molecule has 4 aliphatic heterocycles. The van der Waals surface area contributed by atoms with Crippen LogP contribution in [0.25, 0.3) is 0 Å². The zero-order valence-electron chi connectivity index (χ0n) is 50.0. The molecule has 0 amide bonds. The molecule has 6 unspecified atom stereocenters. The van der Waals surface area contributed by atoms with Crippen LogP contribution in [0.15, 0.2) is 261 Å². The second-order valence-electron chi connectivity index (χ2n) is 23.9. The van der Waals surface area contributed by atoms with Crippen molar-refractivity contribution in [3.8, 4) is 0 Å². The van der Waals surface area contributed by atoms with Crippen LogP contribution in [0.3, 0.4) is 0 Å². The molecule has 4 N–H and O–H groups in total. The molecule has 4 saturated heterocycles. The Labute approximate surface area is 544 Å². The first-order valence-electron chi connectivity index (χ1n) is 31.4. The summed E-state index contributed by atoms with van der Waals surface area (Å²) >= 11 is 0. The molecule has 4 heterocycles. The SMILES string of the molecule is Nc1cccc([Si@@]2(C3CCCCC3)O[Si]3(c4ccccc4)O[Si](c4ccccc4)O[Si]4(c5ccccc5)O[Si](c5ccccc5)(O[Si]5(c6ccccc6)O[Si](c6ccccc6)(O[Si]O[Si@@](c6cccc(N)c6)(C6CCCCC6)O[Si](c6ccccc6)(O4)O5)O3)O2)c1. The van der Waals surface area contributed by atoms with Crippen molar-refractivity contribution in [3.05, 3.63) is 261 Å². The predicted octanol–water partition coefficient (Wildman–Crippen LogP) is 6.79. The maximum atomic E-state index is 8.88. The van der Waals surface area contributed by atoms with E-state index in [0.29, 0.717) is 47.7 Å². The van der Waals surface area contributed by atoms with Gasteiger partial charge in [0, 0.05) is 53.6 Å². The maximum absolute atomic E-state index is 8.88. The van der Waals surface area contributed by atoms with E-state index in [1.807, 2.05) is 249 Å². The van der Waals surface area contributed by atoms with E-state index in [4.69, 9.17) is 65.0 Å². The Morgan fingerprint density at radius 1 is 0.286 bits per heavy atom. The van der Waals surface area contributed by atoms with Gasteiger partial charge in [-0.15, -0.1) is 0 Å². The third kappa shape index (κ3) is 11.5. The van der Waals surface area contributed by atoms with E-state index in [0.717, 1.165) is 74.6 Å². The predicted molar refractivity (Wildman–Crippen MR) is 369 cm³/mol. The topological polar surface area (TPSA) is 172 Å². The molecule has 15 nitrogen and oxygen atoms in total. The molecule has 6 aliphatic rings. The molecule has 9 aromatic rings. The fraction of sp³-hybridized carbons (Fsp3) is 0.182. The average Bonchev–Trinajstić information content (AvgIpc) is 0.694. The van der Waals surface area contributed by atoms with Gasteiger partial charge in [0.15, 0.2) is 0 Å². The lowest BCUT2D eigenvalue weighted by Gasteiger charge is -2.58. The van der Waals surface area contributed by atoms with E-state index < -0.39 is 89.2 Å². The Morgan fingerprint density at radius 3 is 1.01 bits per heavy atom. The molecule has 461 valence electrons. The van der Waals surface area contributed by atoms with Gasteiger partial charge in [-0.2, -0.15) is 0 Å². The monoisotopic (exact) mass is 1380 g/mol. The van der Waals surface area contributed by atoms with E-state index in [1.54, 1.807) is 0 Å². The van der Waals surface area contributed by atoms with Gasteiger partial charge in [0.25, 0.3) is 0 Å². The molecule has 2 aliphatic carbocycles. The first-order chi connectivity index (χ1) is 44.6. The van der Waals surface area contributed by atoms with Gasteiger partial charge >= 0.3 is 89.2 Å². The highest BCUT2D eigenvalue weighted by atomic mass is 28.6. The lowest BCUT2D eigenvalue weighted by atomic mass is 10.0. The third-order valence-corrected chi connectivity index (χ3v) is 56.9. The Morgan fingerprint density at radius 2 is 0.582 bits per heavy atom. The standard InChI is InChI=1S/C66H69N2O13Si10/c67-54-30-28-50-65(52-54)84(57-34-12-2-13-35-57)69-82-70-86(59-38-16-4-17-39-59)76-87(60-40-18-5-19-41-60)71-83(56-32-10-1-11-33-56)72-88(61-42-20-6-21-43-61)78-89(73-84,62-44-22-7-23-45-62)80-91(77-86,64-48-26-9-27-49-64)81-90(79-88,63-46-24-8-25-47-63)75-85(74-87,58-36-14-3-15-37-58)66-51-29-31-55(68)53-66/h1,4-11,16-33,38-53,57-58H,2-3,12-15,34-37,67-68H2/t84-,85-,86?,87?,88?,89?,90?,91?/m0/s1. The van der Waals surface area contributed by atoms with E-state index >= 15 is 0 Å². The third-order valence-electron chi connectivity index (χ3n) is 17.9. The fourth-order valence-corrected chi connectivity index (χ4v) is 64.4. The van der Waals surface area contributed by atoms with Crippen LogP contribution in [0.2, 0.25) is 11.1 Å². The summed E-state index contributed by atoms with van der Waals surface area (Å²) in [6.45, 7) is 0. The average molecular weight is 1380 g/mol. The first kappa shape index (κ1) is 61.4. The number of nitrogens with two attached hydrogens (primary N) is 2. The van der Waals surface area contributed by atoms with Crippen molar-refractivity contribution < 1.29 is 53.5 Å². The molecule has 0 aromatic heterocycles. The molecule has 25 heteroatoms. The zero-order chi connectivity index (χ0) is 61.5. The number of fused-ring (bicyclic) bond motifs is 6. The minimum Gasteiger partial charge on any atom is -0.410 e. The number of rotatable bonds is 11. The summed E-state index contributed by atoms with van der Waals surface area (Å²) in [6, 6.07) is 85.6. The summed E-state index contributed by atoms with van der Waals surface area (Å²) in [5.74, 6) is 0. The summed E-state index contributed by atoms with van der Waals surface area (Å²) in [6.07, 6.45) is 8.71. The van der Waals surface area contributed by atoms with Crippen LogP contribution in [0.5, 0.6) is 0 Å². The molecule has 6 fully saturated rings. The normalized spacial score (nSPS) is 31.0. The number of benzene rings is 9. The minimum atomic E-state index is -5.22. The van der Waals surface area contributed by atoms with Crippen molar-refractivity contribution in [2.45, 2.75) is 75.3 Å². The zero-order valence-corrected chi connectivity index (χ0v) is 60.0. The van der Waals surface area contributed by atoms with Gasteiger partial charge in [0.2, 0.25) is 0 Å². The molecule has 91 heavy (non-hydrogen) atoms. The van der Waals surface area contributed by atoms with E-state index in [2.05, 4.69) is 12.1 Å². The molecule has 0 spiro atoms. The lowest BCUT2D eigenvalue weighted by Crippen LogP contribution is -2.90. The van der Waals surface area contributed by atoms with Crippen molar-refractivity contribution in [2.75, 3.05) is 11.5 Å². The lowest BCUT2D eigenvalue weighted by molar-refractivity contribution is 0.0599. The van der Waals surface area contributed by atoms with Gasteiger partial charge in [-0.3, -0.25) is 0 Å². The second-order valence-corrected chi connectivity index (χ2v) is 51.4. The van der Waals surface area contributed by atoms with Gasteiger partial charge in [0.1, 0.15) is 0 Å². The smallest absolute Gasteiger partial charge is 0.410 e. The quantitative estimate of drug-likeness (QED) is 0.102. The van der Waals surface area contributed by atoms with Crippen molar-refractivity contribution in [1.82, 2.24) is 0 Å². The molecule has 3 radical (unpaired) electrons. The van der Waals surface area contributed by atoms with Gasteiger partial charge in [-0.05, 0) is 65.5 Å². The highest BCUT2D eigenvalue weighted by Crippen LogP contribution is 2.49. The van der Waals surface area contributed by atoms with Crippen LogP contribution < -0.4 is 58.1 Å². The summed E-state index contributed by atoms with van der Waals surface area (Å²) in [5.41, 5.74) is 14.7. The van der Waals surface area contributed by atoms with Crippen LogP contribution in [0.1, 0.15) is 64.2 Å². The highest BCUT2D eigenvalue weighted by molar-refractivity contribution is 7.10. The molecule has 2 saturated carbocycles. The number of hydrogen-bond donors (Lipinski definition) is 2. The minimum absolute atomic E-state index is 0.191. The molecule has 15 rings (SSSR count). The summed E-state index contributed by atoms with van der Waals surface area (Å²) in [4.78, 5) is 0. The van der Waals surface area contributed by atoms with Crippen molar-refractivity contribution in [2.24, 2.45) is 0 Å². The Hall–Kier alpha value is -5.77. The van der Waals surface area contributed by atoms with Crippen molar-refractivity contribution in [1.29, 1.82) is 0 Å². The molecule has 8 atom stereocenters. The van der Waals surface area contributed by atoms with Gasteiger partial charge in [0.05, 0.1) is 0 Å². The van der Waals surface area contributed by atoms with Crippen LogP contribution in [0.4, 0.5) is 11.4 Å². The van der Waals surface area contributed by atoms with Crippen molar-refractivity contribution >= 4 is 147 Å². The Bertz CT molecular complexity index is 3950. The fourth-order valence-electron chi connectivity index (χ4n) is 13.6. The first-order valence-corrected chi connectivity index (χ1v) is 47.6. The highest BCUT2D eigenvalue weighted by Gasteiger charge is 2.80. The summed E-state index contributed by atoms with van der Waals surface area (Å²) in [7, 11) is -43.3. The summed E-state index contributed by atoms with van der Waals surface area (Å²) in [5, 5.41) is 5.71. The second kappa shape index (κ2) is 25.5. The van der Waals surface area contributed by atoms with Gasteiger partial charge in [-0.1, -0.05) is 275 Å². The summed E-state index contributed by atoms with van der Waals surface area (Å²) < 4.78 is 112. The van der Waals surface area contributed by atoms with Crippen LogP contribution in [-0.2, 0) is 53.5 Å². The molecular weight excluding hydrogens is 1310 g/mol. The largest absolute Gasteiger partial charge is 0.515 e. The van der Waals surface area contributed by atoms with Crippen LogP contribution >= 0.6 is 0 Å². The number of anilines is 2. The van der Waals surface area contributed by atoms with E-state index in [1.165, 1.54) is 0 Å². The maximum Gasteiger partial charge on any atom is 0.515 e. The molecule has 6 bridgehead atoms. The van der Waals surface area contributed by atoms with E-state index in [-0.39, 0.29) is 11.1 Å². The Balaban J connectivity index is 1.19. The van der Waals surface area contributed by atoms with Gasteiger partial charge in [-0.25, -0.2) is 0 Å². The Kier molecular flexibility index (Phi) is 17.2. The molecule has 9 aromatic carbocycles.